The van der Waals surface area contributed by atoms with Crippen LogP contribution in [0.2, 0.25) is 0 Å². The minimum atomic E-state index is -1.09. The van der Waals surface area contributed by atoms with E-state index >= 15 is 0 Å². The van der Waals surface area contributed by atoms with E-state index in [1.807, 2.05) is 19.9 Å². The van der Waals surface area contributed by atoms with Gasteiger partial charge in [0, 0.05) is 12.7 Å². The summed E-state index contributed by atoms with van der Waals surface area (Å²) in [6.45, 7) is 4.18. The van der Waals surface area contributed by atoms with E-state index in [2.05, 4.69) is 5.32 Å². The molecule has 2 aromatic rings. The molecule has 6 heteroatoms. The van der Waals surface area contributed by atoms with Gasteiger partial charge in [-0.2, -0.15) is 0 Å². The lowest BCUT2D eigenvalue weighted by Crippen LogP contribution is -2.33. The van der Waals surface area contributed by atoms with Gasteiger partial charge in [-0.05, 0) is 42.0 Å². The highest BCUT2D eigenvalue weighted by molar-refractivity contribution is 7.12. The van der Waals surface area contributed by atoms with Gasteiger partial charge in [0.15, 0.2) is 6.04 Å². The van der Waals surface area contributed by atoms with Crippen LogP contribution in [0.4, 0.5) is 0 Å². The molecular weight excluding hydrogens is 314 g/mol. The molecule has 0 bridgehead atoms. The molecule has 1 atom stereocenters. The SMILES string of the molecule is COCc1ccsc1C(=O)NC(C(=O)O)c1ccc(C)c(C)c1. The first-order chi connectivity index (χ1) is 10.9. The van der Waals surface area contributed by atoms with Crippen LogP contribution < -0.4 is 5.32 Å². The topological polar surface area (TPSA) is 75.6 Å². The Morgan fingerprint density at radius 3 is 2.61 bits per heavy atom. The third-order valence-electron chi connectivity index (χ3n) is 3.64. The highest BCUT2D eigenvalue weighted by Gasteiger charge is 2.24. The summed E-state index contributed by atoms with van der Waals surface area (Å²) in [7, 11) is 1.55. The number of rotatable bonds is 6. The van der Waals surface area contributed by atoms with Crippen molar-refractivity contribution in [3.05, 3.63) is 56.8 Å². The Labute approximate surface area is 138 Å². The normalized spacial score (nSPS) is 12.0. The number of hydrogen-bond acceptors (Lipinski definition) is 4. The zero-order valence-corrected chi connectivity index (χ0v) is 14.1. The van der Waals surface area contributed by atoms with Gasteiger partial charge in [0.25, 0.3) is 5.91 Å². The fourth-order valence-corrected chi connectivity index (χ4v) is 3.05. The molecule has 1 aromatic carbocycles. The van der Waals surface area contributed by atoms with E-state index in [0.29, 0.717) is 17.0 Å². The van der Waals surface area contributed by atoms with Crippen molar-refractivity contribution in [3.63, 3.8) is 0 Å². The molecule has 0 radical (unpaired) electrons. The van der Waals surface area contributed by atoms with Crippen molar-refractivity contribution in [2.24, 2.45) is 0 Å². The number of carbonyl (C=O) groups is 2. The van der Waals surface area contributed by atoms with E-state index in [4.69, 9.17) is 4.74 Å². The number of aryl methyl sites for hydroxylation is 2. The number of methoxy groups -OCH3 is 1. The van der Waals surface area contributed by atoms with Crippen LogP contribution in [-0.4, -0.2) is 24.1 Å². The Kier molecular flexibility index (Phi) is 5.52. The Morgan fingerprint density at radius 2 is 2.00 bits per heavy atom. The maximum Gasteiger partial charge on any atom is 0.330 e. The molecule has 0 saturated carbocycles. The standard InChI is InChI=1S/C17H19NO4S/c1-10-4-5-12(8-11(10)2)14(17(20)21)18-16(19)15-13(9-22-3)6-7-23-15/h4-8,14H,9H2,1-3H3,(H,18,19)(H,20,21). The summed E-state index contributed by atoms with van der Waals surface area (Å²) in [6, 6.07) is 6.09. The molecular formula is C17H19NO4S. The van der Waals surface area contributed by atoms with Crippen LogP contribution in [0, 0.1) is 13.8 Å². The van der Waals surface area contributed by atoms with Crippen LogP contribution in [0.15, 0.2) is 29.6 Å². The van der Waals surface area contributed by atoms with Crippen LogP contribution in [-0.2, 0) is 16.1 Å². The van der Waals surface area contributed by atoms with Gasteiger partial charge in [-0.1, -0.05) is 18.2 Å². The van der Waals surface area contributed by atoms with Crippen molar-refractivity contribution in [1.82, 2.24) is 5.32 Å². The molecule has 1 heterocycles. The van der Waals surface area contributed by atoms with Crippen LogP contribution in [0.3, 0.4) is 0 Å². The maximum atomic E-state index is 12.4. The quantitative estimate of drug-likeness (QED) is 0.852. The second kappa shape index (κ2) is 7.39. The molecule has 1 aromatic heterocycles. The molecule has 0 spiro atoms. The molecule has 0 aliphatic heterocycles. The summed E-state index contributed by atoms with van der Waals surface area (Å²) in [6.07, 6.45) is 0. The third-order valence-corrected chi connectivity index (χ3v) is 4.59. The number of nitrogens with one attached hydrogen (secondary N) is 1. The summed E-state index contributed by atoms with van der Waals surface area (Å²) < 4.78 is 5.05. The van der Waals surface area contributed by atoms with Gasteiger partial charge in [-0.25, -0.2) is 4.79 Å². The number of aliphatic carboxylic acids is 1. The smallest absolute Gasteiger partial charge is 0.330 e. The number of amides is 1. The van der Waals surface area contributed by atoms with E-state index in [9.17, 15) is 14.7 Å². The largest absolute Gasteiger partial charge is 0.479 e. The predicted molar refractivity (Wildman–Crippen MR) is 88.8 cm³/mol. The Balaban J connectivity index is 2.25. The number of ether oxygens (including phenoxy) is 1. The summed E-state index contributed by atoms with van der Waals surface area (Å²) in [5, 5.41) is 13.9. The number of carboxylic acid groups (broad SMARTS) is 1. The fraction of sp³-hybridized carbons (Fsp3) is 0.294. The van der Waals surface area contributed by atoms with Gasteiger partial charge in [-0.15, -0.1) is 11.3 Å². The molecule has 2 N–H and O–H groups in total. The van der Waals surface area contributed by atoms with Crippen LogP contribution >= 0.6 is 11.3 Å². The average Bonchev–Trinajstić information content (AvgIpc) is 2.96. The first kappa shape index (κ1) is 17.2. The minimum Gasteiger partial charge on any atom is -0.479 e. The van der Waals surface area contributed by atoms with E-state index in [1.54, 1.807) is 30.7 Å². The Hall–Kier alpha value is -2.18. The Morgan fingerprint density at radius 1 is 1.26 bits per heavy atom. The van der Waals surface area contributed by atoms with Crippen LogP contribution in [0.25, 0.3) is 0 Å². The lowest BCUT2D eigenvalue weighted by molar-refractivity contribution is -0.139. The fourth-order valence-electron chi connectivity index (χ4n) is 2.23. The highest BCUT2D eigenvalue weighted by atomic mass is 32.1. The average molecular weight is 333 g/mol. The summed E-state index contributed by atoms with van der Waals surface area (Å²) in [5.74, 6) is -1.50. The van der Waals surface area contributed by atoms with Crippen molar-refractivity contribution in [1.29, 1.82) is 0 Å². The molecule has 1 amide bonds. The van der Waals surface area contributed by atoms with Crippen molar-refractivity contribution in [3.8, 4) is 0 Å². The zero-order valence-electron chi connectivity index (χ0n) is 13.3. The van der Waals surface area contributed by atoms with Crippen molar-refractivity contribution in [2.75, 3.05) is 7.11 Å². The number of thiophene rings is 1. The van der Waals surface area contributed by atoms with E-state index in [1.165, 1.54) is 11.3 Å². The highest BCUT2D eigenvalue weighted by Crippen LogP contribution is 2.21. The summed E-state index contributed by atoms with van der Waals surface area (Å²) >= 11 is 1.27. The molecule has 2 rings (SSSR count). The van der Waals surface area contributed by atoms with Gasteiger partial charge in [0.05, 0.1) is 11.5 Å². The number of carbonyl (C=O) groups excluding carboxylic acids is 1. The van der Waals surface area contributed by atoms with Crippen molar-refractivity contribution < 1.29 is 19.4 Å². The molecule has 0 fully saturated rings. The lowest BCUT2D eigenvalue weighted by atomic mass is 10.0. The van der Waals surface area contributed by atoms with Gasteiger partial charge in [0.1, 0.15) is 0 Å². The number of carboxylic acids is 1. The van der Waals surface area contributed by atoms with Crippen molar-refractivity contribution in [2.45, 2.75) is 26.5 Å². The second-order valence-corrected chi connectivity index (χ2v) is 6.21. The van der Waals surface area contributed by atoms with Crippen LogP contribution in [0.5, 0.6) is 0 Å². The molecule has 1 unspecified atom stereocenters. The molecule has 0 aliphatic carbocycles. The zero-order chi connectivity index (χ0) is 17.0. The van der Waals surface area contributed by atoms with E-state index in [-0.39, 0.29) is 0 Å². The third kappa shape index (κ3) is 3.97. The molecule has 0 aliphatic rings. The molecule has 122 valence electrons. The maximum absolute atomic E-state index is 12.4. The monoisotopic (exact) mass is 333 g/mol. The first-order valence-corrected chi connectivity index (χ1v) is 7.98. The van der Waals surface area contributed by atoms with E-state index in [0.717, 1.165) is 16.7 Å². The van der Waals surface area contributed by atoms with Gasteiger partial charge < -0.3 is 15.2 Å². The summed E-state index contributed by atoms with van der Waals surface area (Å²) in [4.78, 5) is 24.5. The Bertz CT molecular complexity index is 723. The second-order valence-electron chi connectivity index (χ2n) is 5.30. The van der Waals surface area contributed by atoms with E-state index < -0.39 is 17.9 Å². The van der Waals surface area contributed by atoms with Gasteiger partial charge >= 0.3 is 5.97 Å². The van der Waals surface area contributed by atoms with Crippen LogP contribution in [0.1, 0.15) is 38.0 Å². The molecule has 23 heavy (non-hydrogen) atoms. The van der Waals surface area contributed by atoms with Gasteiger partial charge in [-0.3, -0.25) is 4.79 Å². The van der Waals surface area contributed by atoms with Crippen molar-refractivity contribution >= 4 is 23.2 Å². The molecule has 0 saturated heterocycles. The lowest BCUT2D eigenvalue weighted by Gasteiger charge is -2.16. The first-order valence-electron chi connectivity index (χ1n) is 7.10. The predicted octanol–water partition coefficient (Wildman–Crippen LogP) is 3.07. The molecule has 5 nitrogen and oxygen atoms in total. The number of benzene rings is 1. The summed E-state index contributed by atoms with van der Waals surface area (Å²) in [5.41, 5.74) is 3.36. The minimum absolute atomic E-state index is 0.313. The number of hydrogen-bond donors (Lipinski definition) is 2. The van der Waals surface area contributed by atoms with Gasteiger partial charge in [0.2, 0.25) is 0 Å².